The Bertz CT molecular complexity index is 571. The summed E-state index contributed by atoms with van der Waals surface area (Å²) in [5.41, 5.74) is 12.1. The zero-order valence-electron chi connectivity index (χ0n) is 16.3. The van der Waals surface area contributed by atoms with Crippen LogP contribution in [0.1, 0.15) is 57.4 Å². The maximum atomic E-state index is 11.3. The van der Waals surface area contributed by atoms with Crippen molar-refractivity contribution in [2.75, 3.05) is 6.54 Å². The number of nitrogens with one attached hydrogen (secondary N) is 1. The number of hydrogen-bond acceptors (Lipinski definition) is 4. The van der Waals surface area contributed by atoms with E-state index in [1.54, 1.807) is 6.21 Å². The largest absolute Gasteiger partial charge is 0.480 e. The summed E-state index contributed by atoms with van der Waals surface area (Å²) in [5, 5.41) is 15.1. The molecule has 0 bridgehead atoms. The van der Waals surface area contributed by atoms with Crippen molar-refractivity contribution in [3.63, 3.8) is 0 Å². The number of rotatable bonds is 12. The van der Waals surface area contributed by atoms with Gasteiger partial charge in [0.05, 0.1) is 6.34 Å². The van der Waals surface area contributed by atoms with E-state index in [0.29, 0.717) is 19.4 Å². The van der Waals surface area contributed by atoms with Crippen molar-refractivity contribution in [2.24, 2.45) is 16.5 Å². The summed E-state index contributed by atoms with van der Waals surface area (Å²) >= 11 is 0. The molecular formula is C21H34N4O2. The second-order valence-electron chi connectivity index (χ2n) is 6.17. The zero-order valence-corrected chi connectivity index (χ0v) is 16.3. The molecule has 27 heavy (non-hydrogen) atoms. The van der Waals surface area contributed by atoms with Crippen LogP contribution in [0.4, 0.5) is 0 Å². The smallest absolute Gasteiger partial charge is 0.328 e. The fourth-order valence-electron chi connectivity index (χ4n) is 2.45. The minimum absolute atomic E-state index is 0.483. The Morgan fingerprint density at radius 1 is 1.22 bits per heavy atom. The van der Waals surface area contributed by atoms with Crippen molar-refractivity contribution >= 4 is 24.6 Å². The number of carbonyl (C=O) groups is 1. The van der Waals surface area contributed by atoms with Gasteiger partial charge in [-0.3, -0.25) is 10.4 Å². The molecule has 150 valence electrons. The summed E-state index contributed by atoms with van der Waals surface area (Å²) in [7, 11) is 0. The summed E-state index contributed by atoms with van der Waals surface area (Å²) in [5.74, 6) is -0.884. The van der Waals surface area contributed by atoms with E-state index in [1.165, 1.54) is 19.3 Å². The Hall–Kier alpha value is -2.47. The monoisotopic (exact) mass is 374 g/mol. The van der Waals surface area contributed by atoms with Crippen molar-refractivity contribution in [2.45, 2.75) is 57.9 Å². The highest BCUT2D eigenvalue weighted by molar-refractivity contribution is 5.87. The minimum atomic E-state index is -0.884. The second kappa shape index (κ2) is 17.0. The summed E-state index contributed by atoms with van der Waals surface area (Å²) in [6.07, 6.45) is 11.4. The van der Waals surface area contributed by atoms with Gasteiger partial charge in [0.15, 0.2) is 0 Å². The number of unbranched alkanes of at least 4 members (excludes halogenated alkanes) is 3. The standard InChI is InChI=1S/C20H30N2O2.CH4N2/c1-2-3-4-6-12-18(15-17-10-7-5-8-11-17)16-22-19(20(23)24)13-9-14-21;2-1-3/h5,7-8,10-11,15-16,19H,2-4,6,9,12-14,21H2,1H3,(H,23,24);1H,(H3,2,3)/b18-15+,22-16?;. The number of nitrogens with two attached hydrogens (primary N) is 2. The first-order valence-electron chi connectivity index (χ1n) is 9.51. The third-order valence-electron chi connectivity index (χ3n) is 3.86. The SMILES string of the molecule is CCCCCC/C(C=NC(CCCN)C(=O)O)=C\c1ccccc1.N=CN. The number of allylic oxidation sites excluding steroid dienone is 1. The molecule has 0 aliphatic heterocycles. The van der Waals surface area contributed by atoms with Gasteiger partial charge in [-0.1, -0.05) is 62.6 Å². The molecular weight excluding hydrogens is 340 g/mol. The first kappa shape index (κ1) is 24.5. The van der Waals surface area contributed by atoms with Gasteiger partial charge in [0.25, 0.3) is 0 Å². The van der Waals surface area contributed by atoms with Crippen LogP contribution in [-0.4, -0.2) is 36.2 Å². The third kappa shape index (κ3) is 13.4. The molecule has 1 aromatic rings. The molecule has 0 spiro atoms. The highest BCUT2D eigenvalue weighted by atomic mass is 16.4. The molecule has 0 aromatic heterocycles. The lowest BCUT2D eigenvalue weighted by atomic mass is 10.0. The van der Waals surface area contributed by atoms with E-state index < -0.39 is 12.0 Å². The molecule has 0 saturated heterocycles. The molecule has 0 fully saturated rings. The van der Waals surface area contributed by atoms with Gasteiger partial charge >= 0.3 is 5.97 Å². The van der Waals surface area contributed by atoms with Crippen LogP contribution in [0.15, 0.2) is 40.9 Å². The Balaban J connectivity index is 0.00000210. The van der Waals surface area contributed by atoms with Gasteiger partial charge in [0, 0.05) is 6.21 Å². The average molecular weight is 375 g/mol. The second-order valence-corrected chi connectivity index (χ2v) is 6.17. The summed E-state index contributed by atoms with van der Waals surface area (Å²) in [4.78, 5) is 15.6. The predicted molar refractivity (Wildman–Crippen MR) is 114 cm³/mol. The van der Waals surface area contributed by atoms with Gasteiger partial charge in [0.1, 0.15) is 6.04 Å². The molecule has 1 aromatic carbocycles. The van der Waals surface area contributed by atoms with Crippen LogP contribution >= 0.6 is 0 Å². The molecule has 1 atom stereocenters. The lowest BCUT2D eigenvalue weighted by Gasteiger charge is -2.08. The van der Waals surface area contributed by atoms with E-state index in [2.05, 4.69) is 23.7 Å². The Morgan fingerprint density at radius 3 is 2.44 bits per heavy atom. The van der Waals surface area contributed by atoms with Crippen LogP contribution in [0.5, 0.6) is 0 Å². The summed E-state index contributed by atoms with van der Waals surface area (Å²) in [6, 6.07) is 9.37. The molecule has 0 aliphatic rings. The van der Waals surface area contributed by atoms with Crippen molar-refractivity contribution in [1.82, 2.24) is 0 Å². The van der Waals surface area contributed by atoms with E-state index in [4.69, 9.17) is 11.1 Å². The van der Waals surface area contributed by atoms with Crippen molar-refractivity contribution in [3.8, 4) is 0 Å². The maximum Gasteiger partial charge on any atom is 0.328 e. The number of aliphatic imine (C=N–C) groups is 1. The molecule has 1 unspecified atom stereocenters. The molecule has 0 radical (unpaired) electrons. The van der Waals surface area contributed by atoms with Crippen LogP contribution < -0.4 is 11.5 Å². The molecule has 6 nitrogen and oxygen atoms in total. The molecule has 6 heteroatoms. The summed E-state index contributed by atoms with van der Waals surface area (Å²) < 4.78 is 0. The Morgan fingerprint density at radius 2 is 1.89 bits per heavy atom. The lowest BCUT2D eigenvalue weighted by molar-refractivity contribution is -0.138. The van der Waals surface area contributed by atoms with E-state index in [0.717, 1.165) is 30.3 Å². The normalized spacial score (nSPS) is 12.3. The van der Waals surface area contributed by atoms with Gasteiger partial charge in [-0.15, -0.1) is 0 Å². The van der Waals surface area contributed by atoms with Crippen LogP contribution in [0.3, 0.4) is 0 Å². The predicted octanol–water partition coefficient (Wildman–Crippen LogP) is 3.86. The van der Waals surface area contributed by atoms with E-state index in [9.17, 15) is 9.90 Å². The van der Waals surface area contributed by atoms with Gasteiger partial charge in [0.2, 0.25) is 0 Å². The van der Waals surface area contributed by atoms with Crippen molar-refractivity contribution in [3.05, 3.63) is 41.5 Å². The fraction of sp³-hybridized carbons (Fsp3) is 0.476. The van der Waals surface area contributed by atoms with E-state index >= 15 is 0 Å². The van der Waals surface area contributed by atoms with Crippen molar-refractivity contribution in [1.29, 1.82) is 5.41 Å². The summed E-state index contributed by atoms with van der Waals surface area (Å²) in [6.45, 7) is 2.68. The van der Waals surface area contributed by atoms with E-state index in [1.807, 2.05) is 30.3 Å². The zero-order chi connectivity index (χ0) is 20.3. The van der Waals surface area contributed by atoms with Gasteiger partial charge < -0.3 is 16.6 Å². The topological polar surface area (TPSA) is 126 Å². The molecule has 0 heterocycles. The Labute approximate surface area is 162 Å². The highest BCUT2D eigenvalue weighted by Crippen LogP contribution is 2.14. The van der Waals surface area contributed by atoms with Gasteiger partial charge in [-0.25, -0.2) is 4.79 Å². The fourth-order valence-corrected chi connectivity index (χ4v) is 2.45. The number of carboxylic acid groups (broad SMARTS) is 1. The van der Waals surface area contributed by atoms with Crippen LogP contribution in [0.25, 0.3) is 6.08 Å². The first-order valence-corrected chi connectivity index (χ1v) is 9.51. The minimum Gasteiger partial charge on any atom is -0.480 e. The maximum absolute atomic E-state index is 11.3. The molecule has 0 amide bonds. The Kier molecular flexibility index (Phi) is 15.4. The van der Waals surface area contributed by atoms with Crippen LogP contribution in [0.2, 0.25) is 0 Å². The number of carboxylic acids is 1. The lowest BCUT2D eigenvalue weighted by Crippen LogP contribution is -2.19. The number of nitrogens with zero attached hydrogens (tertiary/aromatic N) is 1. The number of aliphatic carboxylic acids is 1. The van der Waals surface area contributed by atoms with E-state index in [-0.39, 0.29) is 0 Å². The number of hydrogen-bond donors (Lipinski definition) is 4. The molecule has 0 aliphatic carbocycles. The highest BCUT2D eigenvalue weighted by Gasteiger charge is 2.14. The van der Waals surface area contributed by atoms with Crippen LogP contribution in [0, 0.1) is 5.41 Å². The number of benzene rings is 1. The van der Waals surface area contributed by atoms with Gasteiger partial charge in [-0.2, -0.15) is 0 Å². The molecule has 1 rings (SSSR count). The quantitative estimate of drug-likeness (QED) is 0.252. The molecule has 6 N–H and O–H groups in total. The van der Waals surface area contributed by atoms with Crippen molar-refractivity contribution < 1.29 is 9.90 Å². The van der Waals surface area contributed by atoms with Gasteiger partial charge in [-0.05, 0) is 43.4 Å². The average Bonchev–Trinajstić information content (AvgIpc) is 2.66. The third-order valence-corrected chi connectivity index (χ3v) is 3.86. The van der Waals surface area contributed by atoms with Crippen LogP contribution in [-0.2, 0) is 4.79 Å². The molecule has 0 saturated carbocycles. The first-order chi connectivity index (χ1) is 13.1.